The van der Waals surface area contributed by atoms with E-state index >= 15 is 0 Å². The van der Waals surface area contributed by atoms with Gasteiger partial charge in [0.2, 0.25) is 0 Å². The summed E-state index contributed by atoms with van der Waals surface area (Å²) in [6, 6.07) is 2.20. The minimum Gasteiger partial charge on any atom is -0.316 e. The Morgan fingerprint density at radius 2 is 2.38 bits per heavy atom. The third-order valence-corrected chi connectivity index (χ3v) is 4.35. The molecule has 1 aromatic heterocycles. The molecule has 0 aliphatic carbocycles. The molecule has 1 nitrogen and oxygen atoms in total. The van der Waals surface area contributed by atoms with E-state index in [2.05, 4.69) is 59.2 Å². The van der Waals surface area contributed by atoms with Crippen molar-refractivity contribution in [3.8, 4) is 0 Å². The van der Waals surface area contributed by atoms with Crippen molar-refractivity contribution in [3.05, 3.63) is 33.5 Å². The number of halogens is 1. The maximum atomic E-state index is 3.97. The quantitative estimate of drug-likeness (QED) is 0.586. The smallest absolute Gasteiger partial charge is 0.0285 e. The van der Waals surface area contributed by atoms with Crippen LogP contribution in [0.5, 0.6) is 0 Å². The SMILES string of the molecule is C=CC(C)(CNCCC)Cc1cc(Br)cs1. The van der Waals surface area contributed by atoms with Gasteiger partial charge in [-0.2, -0.15) is 0 Å². The normalized spacial score (nSPS) is 14.7. The molecule has 1 unspecified atom stereocenters. The van der Waals surface area contributed by atoms with E-state index < -0.39 is 0 Å². The second-order valence-corrected chi connectivity index (χ2v) is 6.35. The summed E-state index contributed by atoms with van der Waals surface area (Å²) in [5.74, 6) is 0. The molecule has 1 N–H and O–H groups in total. The van der Waals surface area contributed by atoms with Crippen LogP contribution in [0.4, 0.5) is 0 Å². The van der Waals surface area contributed by atoms with Crippen LogP contribution in [0.15, 0.2) is 28.6 Å². The molecule has 0 saturated heterocycles. The molecule has 16 heavy (non-hydrogen) atoms. The van der Waals surface area contributed by atoms with Gasteiger partial charge in [-0.05, 0) is 41.4 Å². The Kier molecular flexibility index (Phi) is 5.73. The van der Waals surface area contributed by atoms with Gasteiger partial charge in [0.05, 0.1) is 0 Å². The summed E-state index contributed by atoms with van der Waals surface area (Å²) in [6.45, 7) is 10.5. The standard InChI is InChI=1S/C13H20BrNS/c1-4-6-15-10-13(3,5-2)8-12-7-11(14)9-16-12/h5,7,9,15H,2,4,6,8,10H2,1,3H3. The van der Waals surface area contributed by atoms with Gasteiger partial charge in [-0.25, -0.2) is 0 Å². The molecule has 0 aliphatic rings. The zero-order chi connectivity index (χ0) is 12.0. The highest BCUT2D eigenvalue weighted by atomic mass is 79.9. The third kappa shape index (κ3) is 4.40. The van der Waals surface area contributed by atoms with Crippen LogP contribution in [0, 0.1) is 5.41 Å². The van der Waals surface area contributed by atoms with Gasteiger partial charge >= 0.3 is 0 Å². The van der Waals surface area contributed by atoms with Crippen molar-refractivity contribution in [1.82, 2.24) is 5.32 Å². The van der Waals surface area contributed by atoms with Crippen LogP contribution in [0.1, 0.15) is 25.1 Å². The summed E-state index contributed by atoms with van der Waals surface area (Å²) < 4.78 is 1.18. The van der Waals surface area contributed by atoms with Crippen molar-refractivity contribution in [2.75, 3.05) is 13.1 Å². The zero-order valence-corrected chi connectivity index (χ0v) is 12.5. The van der Waals surface area contributed by atoms with Crippen LogP contribution in [0.25, 0.3) is 0 Å². The summed E-state index contributed by atoms with van der Waals surface area (Å²) in [7, 11) is 0. The van der Waals surface area contributed by atoms with Crippen LogP contribution >= 0.6 is 27.3 Å². The zero-order valence-electron chi connectivity index (χ0n) is 10.1. The van der Waals surface area contributed by atoms with Gasteiger partial charge in [-0.3, -0.25) is 0 Å². The van der Waals surface area contributed by atoms with Crippen LogP contribution in [0.3, 0.4) is 0 Å². The van der Waals surface area contributed by atoms with Crippen LogP contribution in [-0.4, -0.2) is 13.1 Å². The fourth-order valence-corrected chi connectivity index (χ4v) is 3.25. The highest BCUT2D eigenvalue weighted by molar-refractivity contribution is 9.10. The van der Waals surface area contributed by atoms with Crippen LogP contribution in [-0.2, 0) is 6.42 Å². The van der Waals surface area contributed by atoms with Gasteiger partial charge in [0.15, 0.2) is 0 Å². The lowest BCUT2D eigenvalue weighted by atomic mass is 9.86. The monoisotopic (exact) mass is 301 g/mol. The Morgan fingerprint density at radius 3 is 2.88 bits per heavy atom. The molecule has 0 spiro atoms. The molecule has 90 valence electrons. The van der Waals surface area contributed by atoms with E-state index in [1.165, 1.54) is 15.8 Å². The van der Waals surface area contributed by atoms with Gasteiger partial charge < -0.3 is 5.32 Å². The summed E-state index contributed by atoms with van der Waals surface area (Å²) in [5.41, 5.74) is 0.152. The van der Waals surface area contributed by atoms with E-state index in [0.717, 1.165) is 19.5 Å². The molecule has 0 saturated carbocycles. The van der Waals surface area contributed by atoms with Crippen LogP contribution < -0.4 is 5.32 Å². The Labute approximate surface area is 111 Å². The Morgan fingerprint density at radius 1 is 1.62 bits per heavy atom. The molecule has 1 rings (SSSR count). The van der Waals surface area contributed by atoms with E-state index in [1.807, 2.05) is 11.3 Å². The summed E-state index contributed by atoms with van der Waals surface area (Å²) in [5, 5.41) is 5.61. The average Bonchev–Trinajstić information content (AvgIpc) is 2.64. The molecule has 3 heteroatoms. The number of hydrogen-bond donors (Lipinski definition) is 1. The molecule has 0 amide bonds. The van der Waals surface area contributed by atoms with E-state index in [0.29, 0.717) is 0 Å². The first-order valence-electron chi connectivity index (χ1n) is 5.67. The molecule has 0 aromatic carbocycles. The second kappa shape index (κ2) is 6.58. The maximum Gasteiger partial charge on any atom is 0.0285 e. The van der Waals surface area contributed by atoms with E-state index in [1.54, 1.807) is 0 Å². The van der Waals surface area contributed by atoms with Crippen molar-refractivity contribution < 1.29 is 0 Å². The minimum absolute atomic E-state index is 0.152. The van der Waals surface area contributed by atoms with Gasteiger partial charge in [-0.1, -0.05) is 19.9 Å². The van der Waals surface area contributed by atoms with Crippen LogP contribution in [0.2, 0.25) is 0 Å². The lowest BCUT2D eigenvalue weighted by Crippen LogP contribution is -2.32. The van der Waals surface area contributed by atoms with E-state index in [4.69, 9.17) is 0 Å². The number of nitrogens with one attached hydrogen (secondary N) is 1. The molecule has 1 atom stereocenters. The Balaban J connectivity index is 2.55. The van der Waals surface area contributed by atoms with Crippen molar-refractivity contribution in [1.29, 1.82) is 0 Å². The van der Waals surface area contributed by atoms with Gasteiger partial charge in [0.1, 0.15) is 0 Å². The first-order valence-corrected chi connectivity index (χ1v) is 7.34. The Hall–Kier alpha value is -0.120. The van der Waals surface area contributed by atoms with Crippen molar-refractivity contribution in [2.45, 2.75) is 26.7 Å². The molecule has 0 fully saturated rings. The highest BCUT2D eigenvalue weighted by Crippen LogP contribution is 2.28. The average molecular weight is 302 g/mol. The summed E-state index contributed by atoms with van der Waals surface area (Å²) in [6.07, 6.45) is 4.31. The minimum atomic E-state index is 0.152. The summed E-state index contributed by atoms with van der Waals surface area (Å²) >= 11 is 5.30. The molecule has 0 radical (unpaired) electrons. The predicted molar refractivity (Wildman–Crippen MR) is 77.2 cm³/mol. The van der Waals surface area contributed by atoms with Gasteiger partial charge in [0.25, 0.3) is 0 Å². The second-order valence-electron chi connectivity index (χ2n) is 4.44. The Bertz CT molecular complexity index is 334. The largest absolute Gasteiger partial charge is 0.316 e. The number of rotatable bonds is 7. The van der Waals surface area contributed by atoms with Gasteiger partial charge in [0, 0.05) is 26.7 Å². The molecular weight excluding hydrogens is 282 g/mol. The lowest BCUT2D eigenvalue weighted by molar-refractivity contribution is 0.394. The van der Waals surface area contributed by atoms with Crippen molar-refractivity contribution >= 4 is 27.3 Å². The molecule has 0 aliphatic heterocycles. The third-order valence-electron chi connectivity index (χ3n) is 2.65. The van der Waals surface area contributed by atoms with E-state index in [9.17, 15) is 0 Å². The number of thiophene rings is 1. The lowest BCUT2D eigenvalue weighted by Gasteiger charge is -2.25. The maximum absolute atomic E-state index is 3.97. The predicted octanol–water partition coefficient (Wildman–Crippen LogP) is 4.25. The first kappa shape index (κ1) is 13.9. The molecular formula is C13H20BrNS. The number of hydrogen-bond acceptors (Lipinski definition) is 2. The highest BCUT2D eigenvalue weighted by Gasteiger charge is 2.21. The van der Waals surface area contributed by atoms with Gasteiger partial charge in [-0.15, -0.1) is 17.9 Å². The fraction of sp³-hybridized carbons (Fsp3) is 0.538. The van der Waals surface area contributed by atoms with E-state index in [-0.39, 0.29) is 5.41 Å². The topological polar surface area (TPSA) is 12.0 Å². The van der Waals surface area contributed by atoms with Crippen molar-refractivity contribution in [3.63, 3.8) is 0 Å². The molecule has 0 bridgehead atoms. The first-order chi connectivity index (χ1) is 7.59. The summed E-state index contributed by atoms with van der Waals surface area (Å²) in [4.78, 5) is 1.41. The van der Waals surface area contributed by atoms with Crippen molar-refractivity contribution in [2.24, 2.45) is 5.41 Å². The molecule has 1 aromatic rings. The molecule has 1 heterocycles. The fourth-order valence-electron chi connectivity index (χ4n) is 1.60.